The van der Waals surface area contributed by atoms with E-state index in [0.29, 0.717) is 23.7 Å². The maximum Gasteiger partial charge on any atom is 0.265 e. The predicted octanol–water partition coefficient (Wildman–Crippen LogP) is 5.13. The lowest BCUT2D eigenvalue weighted by atomic mass is 9.87. The maximum atomic E-state index is 13.0. The first-order chi connectivity index (χ1) is 14.6. The van der Waals surface area contributed by atoms with Crippen LogP contribution in [0.1, 0.15) is 59.1 Å². The fourth-order valence-corrected chi connectivity index (χ4v) is 5.03. The summed E-state index contributed by atoms with van der Waals surface area (Å²) in [5.74, 6) is -0.756. The van der Waals surface area contributed by atoms with E-state index in [1.807, 2.05) is 26.0 Å². The van der Waals surface area contributed by atoms with Gasteiger partial charge < -0.3 is 4.90 Å². The summed E-state index contributed by atoms with van der Waals surface area (Å²) in [6, 6.07) is 3.93. The van der Waals surface area contributed by atoms with Gasteiger partial charge in [-0.3, -0.25) is 19.4 Å². The number of hydrogen-bond acceptors (Lipinski definition) is 4. The van der Waals surface area contributed by atoms with E-state index in [4.69, 9.17) is 23.8 Å². The lowest BCUT2D eigenvalue weighted by Gasteiger charge is -2.43. The van der Waals surface area contributed by atoms with Crippen LogP contribution >= 0.6 is 23.8 Å². The van der Waals surface area contributed by atoms with Crippen molar-refractivity contribution >= 4 is 58.1 Å². The van der Waals surface area contributed by atoms with E-state index in [1.165, 1.54) is 9.80 Å². The van der Waals surface area contributed by atoms with Crippen LogP contribution in [0, 0.1) is 0 Å². The fourth-order valence-electron chi connectivity index (χ4n) is 4.40. The number of likely N-dealkylation sites (N-methyl/N-ethyl adjacent to an activating group) is 2. The number of allylic oxidation sites excluding steroid dienone is 1. The van der Waals surface area contributed by atoms with E-state index in [2.05, 4.69) is 38.7 Å². The third-order valence-corrected chi connectivity index (χ3v) is 6.66. The molecule has 0 aromatic heterocycles. The van der Waals surface area contributed by atoms with E-state index in [9.17, 15) is 9.59 Å². The van der Waals surface area contributed by atoms with Gasteiger partial charge in [-0.2, -0.15) is 0 Å². The molecule has 2 amide bonds. The minimum absolute atomic E-state index is 0.0855. The third-order valence-electron chi connectivity index (χ3n) is 5.89. The Morgan fingerprint density at radius 1 is 1.06 bits per heavy atom. The molecular formula is C24H30ClN3O2S. The molecule has 0 bridgehead atoms. The van der Waals surface area contributed by atoms with Crippen LogP contribution in [0.15, 0.2) is 23.8 Å². The second kappa shape index (κ2) is 8.75. The van der Waals surface area contributed by atoms with Crippen molar-refractivity contribution in [1.82, 2.24) is 9.80 Å². The molecule has 0 radical (unpaired) electrons. The number of thiocarbonyl (C=S) groups is 1. The van der Waals surface area contributed by atoms with Gasteiger partial charge in [0.05, 0.1) is 5.54 Å². The minimum atomic E-state index is -0.378. The second-order valence-corrected chi connectivity index (χ2v) is 9.24. The van der Waals surface area contributed by atoms with Gasteiger partial charge in [0.15, 0.2) is 5.11 Å². The average molecular weight is 460 g/mol. The standard InChI is InChI=1S/C24H30ClN3O2S/c1-7-10-28-20-13-19(25)16(11-17(20)15(4)14-24(28,5)6)12-18-21(29)26(8-2)23(31)27(9-3)22(18)30/h11-14H,7-10H2,1-6H3. The van der Waals surface area contributed by atoms with Gasteiger partial charge in [0.25, 0.3) is 11.8 Å². The number of halogens is 1. The van der Waals surface area contributed by atoms with Crippen LogP contribution in [0.2, 0.25) is 5.02 Å². The first kappa shape index (κ1) is 23.5. The largest absolute Gasteiger partial charge is 0.362 e. The van der Waals surface area contributed by atoms with Crippen LogP contribution < -0.4 is 4.90 Å². The zero-order chi connectivity index (χ0) is 23.1. The second-order valence-electron chi connectivity index (χ2n) is 8.46. The molecule has 0 atom stereocenters. The van der Waals surface area contributed by atoms with Crippen molar-refractivity contribution in [3.05, 3.63) is 39.9 Å². The minimum Gasteiger partial charge on any atom is -0.362 e. The summed E-state index contributed by atoms with van der Waals surface area (Å²) in [6.45, 7) is 14.0. The van der Waals surface area contributed by atoms with Gasteiger partial charge in [0.2, 0.25) is 0 Å². The molecule has 0 aliphatic carbocycles. The highest BCUT2D eigenvalue weighted by molar-refractivity contribution is 7.80. The molecule has 3 rings (SSSR count). The van der Waals surface area contributed by atoms with Gasteiger partial charge in [-0.25, -0.2) is 0 Å². The van der Waals surface area contributed by atoms with Gasteiger partial charge in [0.1, 0.15) is 5.57 Å². The number of anilines is 1. The maximum absolute atomic E-state index is 13.0. The van der Waals surface area contributed by atoms with Crippen molar-refractivity contribution in [2.24, 2.45) is 0 Å². The van der Waals surface area contributed by atoms with Crippen LogP contribution in [0.4, 0.5) is 5.69 Å². The summed E-state index contributed by atoms with van der Waals surface area (Å²) >= 11 is 12.0. The van der Waals surface area contributed by atoms with Gasteiger partial charge in [-0.05, 0) is 82.6 Å². The Hall–Kier alpha value is -2.18. The normalized spacial score (nSPS) is 18.4. The molecule has 0 saturated carbocycles. The number of nitrogens with zero attached hydrogens (tertiary/aromatic N) is 3. The topological polar surface area (TPSA) is 43.9 Å². The Morgan fingerprint density at radius 2 is 1.65 bits per heavy atom. The molecule has 1 aromatic rings. The van der Waals surface area contributed by atoms with Crippen molar-refractivity contribution in [2.45, 2.75) is 53.5 Å². The lowest BCUT2D eigenvalue weighted by Crippen LogP contribution is -2.55. The van der Waals surface area contributed by atoms with Crippen LogP contribution in [0.25, 0.3) is 11.6 Å². The molecular weight excluding hydrogens is 430 g/mol. The van der Waals surface area contributed by atoms with E-state index in [1.54, 1.807) is 6.08 Å². The third kappa shape index (κ3) is 4.03. The molecule has 0 N–H and O–H groups in total. The van der Waals surface area contributed by atoms with Crippen LogP contribution in [-0.4, -0.2) is 51.9 Å². The molecule has 1 fully saturated rings. The van der Waals surface area contributed by atoms with E-state index < -0.39 is 0 Å². The molecule has 2 heterocycles. The average Bonchev–Trinajstić information content (AvgIpc) is 2.69. The molecule has 2 aliphatic rings. The number of hydrogen-bond donors (Lipinski definition) is 0. The highest BCUT2D eigenvalue weighted by atomic mass is 35.5. The molecule has 5 nitrogen and oxygen atoms in total. The summed E-state index contributed by atoms with van der Waals surface area (Å²) in [4.78, 5) is 31.2. The van der Waals surface area contributed by atoms with Crippen LogP contribution in [-0.2, 0) is 9.59 Å². The van der Waals surface area contributed by atoms with E-state index >= 15 is 0 Å². The smallest absolute Gasteiger partial charge is 0.265 e. The number of benzene rings is 1. The molecule has 2 aliphatic heterocycles. The number of amides is 2. The van der Waals surface area contributed by atoms with Crippen molar-refractivity contribution in [3.63, 3.8) is 0 Å². The SMILES string of the molecule is CCCN1c2cc(Cl)c(C=C3C(=O)N(CC)C(=S)N(CC)C3=O)cc2C(C)=CC1(C)C. The quantitative estimate of drug-likeness (QED) is 0.348. The van der Waals surface area contributed by atoms with E-state index in [-0.39, 0.29) is 28.0 Å². The predicted molar refractivity (Wildman–Crippen MR) is 132 cm³/mol. The molecule has 0 unspecified atom stereocenters. The van der Waals surface area contributed by atoms with Gasteiger partial charge in [-0.15, -0.1) is 0 Å². The lowest BCUT2D eigenvalue weighted by molar-refractivity contribution is -0.133. The molecule has 31 heavy (non-hydrogen) atoms. The first-order valence-electron chi connectivity index (χ1n) is 10.8. The number of fused-ring (bicyclic) bond motifs is 1. The van der Waals surface area contributed by atoms with Crippen molar-refractivity contribution in [2.75, 3.05) is 24.5 Å². The first-order valence-corrected chi connectivity index (χ1v) is 11.6. The number of carbonyl (C=O) groups is 2. The Morgan fingerprint density at radius 3 is 2.16 bits per heavy atom. The van der Waals surface area contributed by atoms with Crippen molar-refractivity contribution in [1.29, 1.82) is 0 Å². The van der Waals surface area contributed by atoms with Crippen LogP contribution in [0.3, 0.4) is 0 Å². The van der Waals surface area contributed by atoms with Gasteiger partial charge in [-0.1, -0.05) is 24.6 Å². The molecule has 1 aromatic carbocycles. The summed E-state index contributed by atoms with van der Waals surface area (Å²) in [7, 11) is 0. The highest BCUT2D eigenvalue weighted by Crippen LogP contribution is 2.42. The Kier molecular flexibility index (Phi) is 6.63. The Balaban J connectivity index is 2.14. The Labute approximate surface area is 195 Å². The summed E-state index contributed by atoms with van der Waals surface area (Å²) in [5, 5.41) is 0.766. The van der Waals surface area contributed by atoms with Crippen LogP contribution in [0.5, 0.6) is 0 Å². The number of carbonyl (C=O) groups excluding carboxylic acids is 2. The highest BCUT2D eigenvalue weighted by Gasteiger charge is 2.38. The molecule has 7 heteroatoms. The molecule has 1 saturated heterocycles. The number of rotatable bonds is 5. The summed E-state index contributed by atoms with van der Waals surface area (Å²) in [5.41, 5.74) is 3.91. The van der Waals surface area contributed by atoms with Crippen molar-refractivity contribution < 1.29 is 9.59 Å². The van der Waals surface area contributed by atoms with Gasteiger partial charge in [0, 0.05) is 35.9 Å². The zero-order valence-corrected chi connectivity index (χ0v) is 20.7. The zero-order valence-electron chi connectivity index (χ0n) is 19.1. The van der Waals surface area contributed by atoms with E-state index in [0.717, 1.165) is 29.8 Å². The summed E-state index contributed by atoms with van der Waals surface area (Å²) < 4.78 is 0. The van der Waals surface area contributed by atoms with Crippen molar-refractivity contribution in [3.8, 4) is 0 Å². The molecule has 166 valence electrons. The Bertz CT molecular complexity index is 984. The fraction of sp³-hybridized carbons (Fsp3) is 0.458. The summed E-state index contributed by atoms with van der Waals surface area (Å²) in [6.07, 6.45) is 4.88. The monoisotopic (exact) mass is 459 g/mol. The van der Waals surface area contributed by atoms with Gasteiger partial charge >= 0.3 is 0 Å². The molecule has 0 spiro atoms.